The Labute approximate surface area is 188 Å². The Balaban J connectivity index is 0.000000119. The van der Waals surface area contributed by atoms with E-state index in [1.807, 2.05) is 36.4 Å². The summed E-state index contributed by atoms with van der Waals surface area (Å²) < 4.78 is 15.1. The van der Waals surface area contributed by atoms with E-state index in [0.29, 0.717) is 16.9 Å². The SMILES string of the molecule is O=C1Oc2ccccc2C2OC12.O=CCc1ccccc1O.O=c1ccc2ccccc2o1. The summed E-state index contributed by atoms with van der Waals surface area (Å²) in [7, 11) is 0. The highest BCUT2D eigenvalue weighted by Gasteiger charge is 2.52. The van der Waals surface area contributed by atoms with Gasteiger partial charge in [-0.25, -0.2) is 9.59 Å². The summed E-state index contributed by atoms with van der Waals surface area (Å²) >= 11 is 0. The number of hydrogen-bond donors (Lipinski definition) is 1. The number of fused-ring (bicyclic) bond motifs is 4. The van der Waals surface area contributed by atoms with Gasteiger partial charge in [0.2, 0.25) is 0 Å². The van der Waals surface area contributed by atoms with Gasteiger partial charge in [0.05, 0.1) is 0 Å². The number of aldehydes is 1. The lowest BCUT2D eigenvalue weighted by Crippen LogP contribution is -2.20. The molecule has 0 amide bonds. The van der Waals surface area contributed by atoms with Crippen LogP contribution >= 0.6 is 0 Å². The van der Waals surface area contributed by atoms with E-state index in [0.717, 1.165) is 17.2 Å². The topological polar surface area (TPSA) is 106 Å². The third kappa shape index (κ3) is 5.34. The molecule has 2 atom stereocenters. The molecule has 7 nitrogen and oxygen atoms in total. The minimum atomic E-state index is -0.333. The van der Waals surface area contributed by atoms with Crippen molar-refractivity contribution in [3.63, 3.8) is 0 Å². The quantitative estimate of drug-likeness (QED) is 0.164. The molecule has 4 aromatic rings. The molecule has 2 aliphatic heterocycles. The van der Waals surface area contributed by atoms with E-state index in [1.54, 1.807) is 42.5 Å². The van der Waals surface area contributed by atoms with E-state index in [-0.39, 0.29) is 36.0 Å². The van der Waals surface area contributed by atoms with Crippen LogP contribution in [0.3, 0.4) is 0 Å². The van der Waals surface area contributed by atoms with Gasteiger partial charge < -0.3 is 23.8 Å². The minimum Gasteiger partial charge on any atom is -0.508 e. The molecule has 0 spiro atoms. The van der Waals surface area contributed by atoms with Gasteiger partial charge in [-0.1, -0.05) is 54.6 Å². The van der Waals surface area contributed by atoms with Crippen molar-refractivity contribution in [3.05, 3.63) is 106 Å². The van der Waals surface area contributed by atoms with Gasteiger partial charge in [0, 0.05) is 29.0 Å². The smallest absolute Gasteiger partial charge is 0.343 e. The van der Waals surface area contributed by atoms with Crippen molar-refractivity contribution in [2.24, 2.45) is 0 Å². The fourth-order valence-corrected chi connectivity index (χ4v) is 3.29. The lowest BCUT2D eigenvalue weighted by Gasteiger charge is -2.10. The first-order chi connectivity index (χ1) is 16.1. The number of benzene rings is 3. The molecule has 0 bridgehead atoms. The van der Waals surface area contributed by atoms with Gasteiger partial charge in [0.15, 0.2) is 6.10 Å². The van der Waals surface area contributed by atoms with Gasteiger partial charge in [0.1, 0.15) is 29.5 Å². The lowest BCUT2D eigenvalue weighted by atomic mass is 10.1. The fraction of sp³-hybridized carbons (Fsp3) is 0.115. The van der Waals surface area contributed by atoms with E-state index in [9.17, 15) is 14.4 Å². The monoisotopic (exact) mass is 444 g/mol. The van der Waals surface area contributed by atoms with Crippen LogP contribution in [0.4, 0.5) is 0 Å². The molecule has 0 saturated carbocycles. The minimum absolute atomic E-state index is 0.0394. The van der Waals surface area contributed by atoms with Crippen LogP contribution in [0.5, 0.6) is 11.5 Å². The van der Waals surface area contributed by atoms with E-state index in [4.69, 9.17) is 19.0 Å². The van der Waals surface area contributed by atoms with Gasteiger partial charge >= 0.3 is 11.6 Å². The molecule has 0 radical (unpaired) electrons. The van der Waals surface area contributed by atoms with Crippen molar-refractivity contribution in [2.45, 2.75) is 18.6 Å². The fourth-order valence-electron chi connectivity index (χ4n) is 3.29. The Morgan fingerprint density at radius 3 is 2.36 bits per heavy atom. The molecule has 1 aromatic heterocycles. The molecule has 33 heavy (non-hydrogen) atoms. The molecule has 6 rings (SSSR count). The number of carbonyl (C=O) groups is 2. The maximum atomic E-state index is 11.1. The molecule has 2 unspecified atom stereocenters. The summed E-state index contributed by atoms with van der Waals surface area (Å²) in [4.78, 5) is 31.8. The maximum absolute atomic E-state index is 11.1. The number of rotatable bonds is 2. The summed E-state index contributed by atoms with van der Waals surface area (Å²) in [5.74, 6) is 0.564. The number of phenols is 1. The van der Waals surface area contributed by atoms with Crippen molar-refractivity contribution < 1.29 is 28.6 Å². The number of aromatic hydroxyl groups is 1. The van der Waals surface area contributed by atoms with Crippen molar-refractivity contribution in [1.29, 1.82) is 0 Å². The van der Waals surface area contributed by atoms with E-state index in [2.05, 4.69) is 0 Å². The standard InChI is InChI=1S/C9H6O3.C9H6O2.C8H8O2/c10-9-8-7(12-8)5-3-1-2-4-6(5)11-9;10-9-6-5-7-3-1-2-4-8(7)11-9;9-6-5-7-3-1-2-4-8(7)10/h1-4,7-8H;1-6H;1-4,6,10H,5H2. The van der Waals surface area contributed by atoms with Crippen LogP contribution in [0.1, 0.15) is 17.2 Å². The second-order valence-electron chi connectivity index (χ2n) is 7.23. The van der Waals surface area contributed by atoms with Crippen molar-refractivity contribution in [1.82, 2.24) is 0 Å². The maximum Gasteiger partial charge on any atom is 0.343 e. The Hall–Kier alpha value is -4.23. The number of epoxide rings is 1. The molecule has 3 aromatic carbocycles. The average molecular weight is 444 g/mol. The van der Waals surface area contributed by atoms with Crippen LogP contribution in [0, 0.1) is 0 Å². The third-order valence-corrected chi connectivity index (χ3v) is 4.98. The zero-order valence-electron chi connectivity index (χ0n) is 17.4. The second kappa shape index (κ2) is 9.93. The second-order valence-corrected chi connectivity index (χ2v) is 7.23. The van der Waals surface area contributed by atoms with E-state index >= 15 is 0 Å². The van der Waals surface area contributed by atoms with Crippen molar-refractivity contribution in [2.75, 3.05) is 0 Å². The highest BCUT2D eigenvalue weighted by atomic mass is 16.6. The predicted octanol–water partition coefficient (Wildman–Crippen LogP) is 3.97. The van der Waals surface area contributed by atoms with E-state index < -0.39 is 0 Å². The van der Waals surface area contributed by atoms with Crippen molar-refractivity contribution in [3.8, 4) is 11.5 Å². The molecule has 1 N–H and O–H groups in total. The summed E-state index contributed by atoms with van der Waals surface area (Å²) in [5.41, 5.74) is 2.00. The zero-order chi connectivity index (χ0) is 23.2. The average Bonchev–Trinajstić information content (AvgIpc) is 3.64. The van der Waals surface area contributed by atoms with E-state index in [1.165, 1.54) is 6.07 Å². The Kier molecular flexibility index (Phi) is 6.61. The summed E-state index contributed by atoms with van der Waals surface area (Å²) in [6.45, 7) is 0. The predicted molar refractivity (Wildman–Crippen MR) is 120 cm³/mol. The molecular formula is C26H20O7. The number of ether oxygens (including phenoxy) is 2. The first-order valence-electron chi connectivity index (χ1n) is 10.2. The van der Waals surface area contributed by atoms with Crippen LogP contribution in [-0.4, -0.2) is 23.5 Å². The molecule has 1 fully saturated rings. The summed E-state index contributed by atoms with van der Waals surface area (Å²) in [5, 5.41) is 10.0. The Morgan fingerprint density at radius 2 is 1.55 bits per heavy atom. The number of carbonyl (C=O) groups excluding carboxylic acids is 2. The van der Waals surface area contributed by atoms with Crippen molar-refractivity contribution >= 4 is 23.2 Å². The molecule has 1 saturated heterocycles. The van der Waals surface area contributed by atoms with Crippen LogP contribution in [0.2, 0.25) is 0 Å². The highest BCUT2D eigenvalue weighted by molar-refractivity contribution is 5.83. The molecule has 7 heteroatoms. The van der Waals surface area contributed by atoms with Gasteiger partial charge in [-0.3, -0.25) is 0 Å². The zero-order valence-corrected chi connectivity index (χ0v) is 17.4. The molecule has 0 aliphatic carbocycles. The number of esters is 1. The van der Waals surface area contributed by atoms with Gasteiger partial charge in [0.25, 0.3) is 0 Å². The normalized spacial score (nSPS) is 17.2. The van der Waals surface area contributed by atoms with Crippen LogP contribution < -0.4 is 10.4 Å². The molecule has 3 heterocycles. The number of hydrogen-bond acceptors (Lipinski definition) is 7. The van der Waals surface area contributed by atoms with Gasteiger partial charge in [-0.2, -0.15) is 0 Å². The first-order valence-corrected chi connectivity index (χ1v) is 10.2. The molecule has 2 aliphatic rings. The highest BCUT2D eigenvalue weighted by Crippen LogP contribution is 2.47. The summed E-state index contributed by atoms with van der Waals surface area (Å²) in [6, 6.07) is 24.9. The summed E-state index contributed by atoms with van der Waals surface area (Å²) in [6.07, 6.45) is 0.684. The number of phenolic OH excluding ortho intramolecular Hbond substituents is 1. The van der Waals surface area contributed by atoms with Gasteiger partial charge in [-0.15, -0.1) is 0 Å². The lowest BCUT2D eigenvalue weighted by molar-refractivity contribution is -0.136. The first kappa shape index (κ1) is 22.0. The van der Waals surface area contributed by atoms with Crippen LogP contribution in [0.25, 0.3) is 11.0 Å². The molecule has 166 valence electrons. The van der Waals surface area contributed by atoms with Gasteiger partial charge in [-0.05, 0) is 24.3 Å². The van der Waals surface area contributed by atoms with Crippen LogP contribution in [0.15, 0.2) is 94.1 Å². The Bertz CT molecular complexity index is 1340. The third-order valence-electron chi connectivity index (χ3n) is 4.98. The largest absolute Gasteiger partial charge is 0.508 e. The van der Waals surface area contributed by atoms with Crippen LogP contribution in [-0.2, 0) is 20.7 Å². The number of para-hydroxylation sites is 3. The Morgan fingerprint density at radius 1 is 0.818 bits per heavy atom. The molecular weight excluding hydrogens is 424 g/mol.